The smallest absolute Gasteiger partial charge is 0.141 e. The summed E-state index contributed by atoms with van der Waals surface area (Å²) >= 11 is 8.46. The third kappa shape index (κ3) is 3.10. The molecule has 2 rings (SSSR count). The van der Waals surface area contributed by atoms with Gasteiger partial charge in [0.2, 0.25) is 0 Å². The molecule has 0 aliphatic rings. The van der Waals surface area contributed by atoms with Gasteiger partial charge in [0.15, 0.2) is 0 Å². The van der Waals surface area contributed by atoms with Gasteiger partial charge in [0.1, 0.15) is 11.9 Å². The number of nitrogens with zero attached hydrogens (tertiary/aromatic N) is 1. The van der Waals surface area contributed by atoms with E-state index in [9.17, 15) is 4.39 Å². The van der Waals surface area contributed by atoms with Crippen molar-refractivity contribution < 1.29 is 4.39 Å². The molecule has 1 heterocycles. The Kier molecular flexibility index (Phi) is 4.38. The Bertz CT molecular complexity index is 600. The molecule has 0 aliphatic heterocycles. The molecule has 2 aromatic rings. The maximum Gasteiger partial charge on any atom is 0.141 e. The van der Waals surface area contributed by atoms with Gasteiger partial charge in [0, 0.05) is 21.6 Å². The van der Waals surface area contributed by atoms with E-state index in [4.69, 9.17) is 5.26 Å². The molecule has 18 heavy (non-hydrogen) atoms. The van der Waals surface area contributed by atoms with Crippen LogP contribution in [-0.4, -0.2) is 0 Å². The summed E-state index contributed by atoms with van der Waals surface area (Å²) in [5.74, 6) is -0.496. The fourth-order valence-electron chi connectivity index (χ4n) is 1.39. The molecule has 2 nitrogen and oxygen atoms in total. The van der Waals surface area contributed by atoms with Gasteiger partial charge in [-0.3, -0.25) is 0 Å². The first-order chi connectivity index (χ1) is 8.60. The Hall–Kier alpha value is -0.900. The normalized spacial score (nSPS) is 10.1. The zero-order chi connectivity index (χ0) is 13.1. The van der Waals surface area contributed by atoms with Crippen molar-refractivity contribution in [3.63, 3.8) is 0 Å². The van der Waals surface area contributed by atoms with E-state index >= 15 is 0 Å². The van der Waals surface area contributed by atoms with Gasteiger partial charge in [0.25, 0.3) is 0 Å². The second-order valence-corrected chi connectivity index (χ2v) is 6.80. The molecule has 6 heteroatoms. The highest BCUT2D eigenvalue weighted by molar-refractivity contribution is 9.13. The van der Waals surface area contributed by atoms with Crippen LogP contribution in [0.3, 0.4) is 0 Å². The van der Waals surface area contributed by atoms with Crippen molar-refractivity contribution in [1.82, 2.24) is 0 Å². The number of nitriles is 1. The highest BCUT2D eigenvalue weighted by Crippen LogP contribution is 2.32. The van der Waals surface area contributed by atoms with Crippen molar-refractivity contribution in [1.29, 1.82) is 5.26 Å². The monoisotopic (exact) mass is 388 g/mol. The van der Waals surface area contributed by atoms with Gasteiger partial charge < -0.3 is 5.32 Å². The van der Waals surface area contributed by atoms with Crippen molar-refractivity contribution in [3.8, 4) is 6.07 Å². The van der Waals surface area contributed by atoms with Gasteiger partial charge in [0.05, 0.1) is 9.35 Å². The van der Waals surface area contributed by atoms with E-state index in [1.807, 2.05) is 12.1 Å². The zero-order valence-electron chi connectivity index (χ0n) is 9.01. The molecule has 0 fully saturated rings. The SMILES string of the molecule is N#Cc1cc(NCc2cc(Br)c(Br)s2)ccc1F. The van der Waals surface area contributed by atoms with Crippen LogP contribution in [0.5, 0.6) is 0 Å². The highest BCUT2D eigenvalue weighted by atomic mass is 79.9. The van der Waals surface area contributed by atoms with E-state index in [0.29, 0.717) is 6.54 Å². The molecule has 0 radical (unpaired) electrons. The van der Waals surface area contributed by atoms with Crippen LogP contribution in [0.1, 0.15) is 10.4 Å². The van der Waals surface area contributed by atoms with Crippen LogP contribution in [0, 0.1) is 17.1 Å². The molecule has 0 spiro atoms. The van der Waals surface area contributed by atoms with Gasteiger partial charge in [-0.25, -0.2) is 4.39 Å². The molecule has 1 aromatic carbocycles. The van der Waals surface area contributed by atoms with E-state index in [0.717, 1.165) is 18.8 Å². The minimum Gasteiger partial charge on any atom is -0.380 e. The molecule has 1 aromatic heterocycles. The summed E-state index contributed by atoms with van der Waals surface area (Å²) in [6, 6.07) is 8.25. The summed E-state index contributed by atoms with van der Waals surface area (Å²) in [5, 5.41) is 11.9. The Balaban J connectivity index is 2.09. The standard InChI is InChI=1S/C12H7Br2FN2S/c13-10-4-9(18-12(10)14)6-17-8-1-2-11(15)7(3-8)5-16/h1-4,17H,6H2. The van der Waals surface area contributed by atoms with Gasteiger partial charge in [-0.15, -0.1) is 11.3 Å². The molecule has 0 unspecified atom stereocenters. The van der Waals surface area contributed by atoms with Crippen LogP contribution < -0.4 is 5.32 Å². The summed E-state index contributed by atoms with van der Waals surface area (Å²) in [4.78, 5) is 1.14. The number of hydrogen-bond donors (Lipinski definition) is 1. The molecule has 0 bridgehead atoms. The van der Waals surface area contributed by atoms with Crippen molar-refractivity contribution in [2.24, 2.45) is 0 Å². The average Bonchev–Trinajstić information content (AvgIpc) is 2.68. The first kappa shape index (κ1) is 13.5. The molecular formula is C12H7Br2FN2S. The second-order valence-electron chi connectivity index (χ2n) is 3.49. The predicted octanol–water partition coefficient (Wildman–Crippen LogP) is 4.90. The third-order valence-electron chi connectivity index (χ3n) is 2.25. The first-order valence-electron chi connectivity index (χ1n) is 4.97. The summed E-state index contributed by atoms with van der Waals surface area (Å²) in [6.07, 6.45) is 0. The van der Waals surface area contributed by atoms with Gasteiger partial charge in [-0.05, 0) is 56.1 Å². The molecule has 92 valence electrons. The number of nitrogens with one attached hydrogen (secondary N) is 1. The maximum absolute atomic E-state index is 13.1. The van der Waals surface area contributed by atoms with Crippen LogP contribution in [0.4, 0.5) is 10.1 Å². The number of rotatable bonds is 3. The van der Waals surface area contributed by atoms with E-state index in [-0.39, 0.29) is 5.56 Å². The number of thiophene rings is 1. The third-order valence-corrected chi connectivity index (χ3v) is 5.51. The van der Waals surface area contributed by atoms with Gasteiger partial charge in [-0.1, -0.05) is 0 Å². The lowest BCUT2D eigenvalue weighted by Gasteiger charge is -2.05. The predicted molar refractivity (Wildman–Crippen MR) is 78.2 cm³/mol. The van der Waals surface area contributed by atoms with Crippen molar-refractivity contribution in [2.45, 2.75) is 6.54 Å². The van der Waals surface area contributed by atoms with E-state index < -0.39 is 5.82 Å². The lowest BCUT2D eigenvalue weighted by molar-refractivity contribution is 0.624. The Morgan fingerprint density at radius 3 is 2.72 bits per heavy atom. The minimum atomic E-state index is -0.496. The molecule has 0 aliphatic carbocycles. The Labute approximate surface area is 125 Å². The molecular weight excluding hydrogens is 383 g/mol. The Morgan fingerprint density at radius 2 is 2.11 bits per heavy atom. The summed E-state index contributed by atoms with van der Waals surface area (Å²) in [5.41, 5.74) is 0.780. The van der Waals surface area contributed by atoms with Crippen LogP contribution >= 0.6 is 43.2 Å². The van der Waals surface area contributed by atoms with Crippen molar-refractivity contribution >= 4 is 48.9 Å². The van der Waals surface area contributed by atoms with Crippen molar-refractivity contribution in [3.05, 3.63) is 48.8 Å². The summed E-state index contributed by atoms with van der Waals surface area (Å²) in [6.45, 7) is 0.630. The quantitative estimate of drug-likeness (QED) is 0.810. The number of halogens is 3. The first-order valence-corrected chi connectivity index (χ1v) is 7.37. The van der Waals surface area contributed by atoms with E-state index in [1.165, 1.54) is 12.1 Å². The lowest BCUT2D eigenvalue weighted by Crippen LogP contribution is -1.98. The molecule has 0 atom stereocenters. The fraction of sp³-hybridized carbons (Fsp3) is 0.0833. The molecule has 1 N–H and O–H groups in total. The van der Waals surface area contributed by atoms with Crippen molar-refractivity contribution in [2.75, 3.05) is 5.32 Å². The largest absolute Gasteiger partial charge is 0.380 e. The van der Waals surface area contributed by atoms with Crippen LogP contribution in [0.25, 0.3) is 0 Å². The zero-order valence-corrected chi connectivity index (χ0v) is 13.0. The molecule has 0 amide bonds. The van der Waals surface area contributed by atoms with E-state index in [2.05, 4.69) is 37.2 Å². The maximum atomic E-state index is 13.1. The number of benzene rings is 1. The van der Waals surface area contributed by atoms with Crippen LogP contribution in [-0.2, 0) is 6.54 Å². The van der Waals surface area contributed by atoms with Gasteiger partial charge >= 0.3 is 0 Å². The van der Waals surface area contributed by atoms with Gasteiger partial charge in [-0.2, -0.15) is 5.26 Å². The fourth-order valence-corrected chi connectivity index (χ4v) is 3.51. The number of hydrogen-bond acceptors (Lipinski definition) is 3. The minimum absolute atomic E-state index is 0.0496. The Morgan fingerprint density at radius 1 is 1.33 bits per heavy atom. The number of anilines is 1. The summed E-state index contributed by atoms with van der Waals surface area (Å²) < 4.78 is 15.2. The topological polar surface area (TPSA) is 35.8 Å². The highest BCUT2D eigenvalue weighted by Gasteiger charge is 2.05. The van der Waals surface area contributed by atoms with E-state index in [1.54, 1.807) is 17.4 Å². The molecule has 0 saturated heterocycles. The average molecular weight is 390 g/mol. The summed E-state index contributed by atoms with van der Waals surface area (Å²) in [7, 11) is 0. The molecule has 0 saturated carbocycles. The second kappa shape index (κ2) is 5.83. The van der Waals surface area contributed by atoms with Crippen LogP contribution in [0.2, 0.25) is 0 Å². The van der Waals surface area contributed by atoms with Crippen LogP contribution in [0.15, 0.2) is 32.5 Å². The lowest BCUT2D eigenvalue weighted by atomic mass is 10.2.